The number of hydrogen-bond donors (Lipinski definition) is 5. The molecule has 1 saturated carbocycles. The molecular formula is C23H62N2O8. The highest BCUT2D eigenvalue weighted by Crippen LogP contribution is 2.47. The van der Waals surface area contributed by atoms with Gasteiger partial charge in [0, 0.05) is 13.2 Å². The topological polar surface area (TPSA) is 161 Å². The largest absolute Gasteiger partial charge is 0.471 e. The zero-order chi connectivity index (χ0) is 23.1. The van der Waals surface area contributed by atoms with Gasteiger partial charge < -0.3 is 25.4 Å². The molecule has 0 aromatic heterocycles. The first-order chi connectivity index (χ1) is 13.1. The molecule has 0 bridgehead atoms. The summed E-state index contributed by atoms with van der Waals surface area (Å²) < 4.78 is 7.91. The van der Waals surface area contributed by atoms with Crippen LogP contribution in [0, 0.1) is 10.8 Å². The standard InChI is InChI=1S/C11H23N.C3H6O3.C2H4O2.CH5NO2.CH4O.5CH4/c1-5-11(4)7-9(12)6-10(2,3)8-11;4-1-2-6-3-5;2*1-4-2-3;1-2;;;;;/h9H,5-8,12H2,1-4H3;3-4H,1-2H2;2H,1H3;2-3H,1H3;2H,1H3;5*1H4. The number of methoxy groups -OCH3 is 1. The number of hydrogen-bond acceptors (Lipinski definition) is 10. The number of ether oxygens (including phenoxy) is 2. The molecule has 0 heterocycles. The van der Waals surface area contributed by atoms with Gasteiger partial charge in [0.15, 0.2) is 0 Å². The van der Waals surface area contributed by atoms with Gasteiger partial charge in [0.05, 0.1) is 20.8 Å². The van der Waals surface area contributed by atoms with Crippen LogP contribution in [0.1, 0.15) is 90.5 Å². The first-order valence-corrected chi connectivity index (χ1v) is 8.86. The van der Waals surface area contributed by atoms with Crippen molar-refractivity contribution in [2.75, 3.05) is 34.5 Å². The van der Waals surface area contributed by atoms with Gasteiger partial charge in [-0.05, 0) is 30.1 Å². The normalized spacial score (nSPS) is 18.1. The summed E-state index contributed by atoms with van der Waals surface area (Å²) in [6.07, 6.45) is 5.02. The second-order valence-corrected chi connectivity index (χ2v) is 6.99. The van der Waals surface area contributed by atoms with Crippen molar-refractivity contribution in [3.05, 3.63) is 0 Å². The van der Waals surface area contributed by atoms with Crippen LogP contribution in [0.5, 0.6) is 0 Å². The lowest BCUT2D eigenvalue weighted by molar-refractivity contribution is -0.129. The van der Waals surface area contributed by atoms with E-state index in [1.165, 1.54) is 45.5 Å². The number of rotatable bonds is 6. The third-order valence-corrected chi connectivity index (χ3v) is 3.79. The lowest BCUT2D eigenvalue weighted by atomic mass is 9.62. The molecule has 212 valence electrons. The minimum Gasteiger partial charge on any atom is -0.471 e. The van der Waals surface area contributed by atoms with E-state index in [4.69, 9.17) is 25.9 Å². The maximum atomic E-state index is 9.23. The number of nitrogens with one attached hydrogen (secondary N) is 1. The van der Waals surface area contributed by atoms with Gasteiger partial charge in [0.1, 0.15) is 6.61 Å². The van der Waals surface area contributed by atoms with Gasteiger partial charge in [-0.2, -0.15) is 0 Å². The first-order valence-electron chi connectivity index (χ1n) is 8.86. The highest BCUT2D eigenvalue weighted by molar-refractivity contribution is 5.36. The van der Waals surface area contributed by atoms with E-state index in [-0.39, 0.29) is 50.3 Å². The molecule has 1 rings (SSSR count). The van der Waals surface area contributed by atoms with Crippen LogP contribution in [0.15, 0.2) is 0 Å². The Kier molecular flexibility index (Phi) is 72.0. The van der Waals surface area contributed by atoms with Crippen LogP contribution >= 0.6 is 0 Å². The van der Waals surface area contributed by atoms with Crippen molar-refractivity contribution in [3.63, 3.8) is 0 Å². The van der Waals surface area contributed by atoms with E-state index in [2.05, 4.69) is 42.0 Å². The molecule has 0 radical (unpaired) electrons. The lowest BCUT2D eigenvalue weighted by Gasteiger charge is -2.45. The lowest BCUT2D eigenvalue weighted by Crippen LogP contribution is -2.41. The van der Waals surface area contributed by atoms with Crippen molar-refractivity contribution in [1.82, 2.24) is 5.64 Å². The second-order valence-electron chi connectivity index (χ2n) is 6.99. The van der Waals surface area contributed by atoms with Gasteiger partial charge in [-0.3, -0.25) is 19.6 Å². The number of nitrogens with two attached hydrogens (primary N) is 1. The molecule has 1 aliphatic carbocycles. The molecule has 0 amide bonds. The molecule has 33 heavy (non-hydrogen) atoms. The minimum absolute atomic E-state index is 0. The molecule has 2 atom stereocenters. The summed E-state index contributed by atoms with van der Waals surface area (Å²) in [5.41, 5.74) is 8.45. The Labute approximate surface area is 206 Å². The molecule has 6 N–H and O–H groups in total. The molecule has 10 nitrogen and oxygen atoms in total. The van der Waals surface area contributed by atoms with Crippen molar-refractivity contribution in [3.8, 4) is 0 Å². The molecule has 0 saturated heterocycles. The maximum Gasteiger partial charge on any atom is 0.293 e. The monoisotopic (exact) mass is 494 g/mol. The van der Waals surface area contributed by atoms with Gasteiger partial charge >= 0.3 is 0 Å². The molecular weight excluding hydrogens is 432 g/mol. The highest BCUT2D eigenvalue weighted by atomic mass is 16.8. The van der Waals surface area contributed by atoms with Crippen molar-refractivity contribution in [2.45, 2.75) is 96.6 Å². The van der Waals surface area contributed by atoms with Crippen LogP contribution in [0.3, 0.4) is 0 Å². The van der Waals surface area contributed by atoms with E-state index in [1.807, 2.05) is 0 Å². The third kappa shape index (κ3) is 49.1. The van der Waals surface area contributed by atoms with Crippen molar-refractivity contribution in [1.29, 1.82) is 0 Å². The van der Waals surface area contributed by atoms with Gasteiger partial charge in [0.2, 0.25) is 0 Å². The quantitative estimate of drug-likeness (QED) is 0.205. The van der Waals surface area contributed by atoms with Gasteiger partial charge in [-0.1, -0.05) is 76.9 Å². The Morgan fingerprint density at radius 3 is 1.58 bits per heavy atom. The van der Waals surface area contributed by atoms with E-state index in [0.29, 0.717) is 29.8 Å². The Morgan fingerprint density at radius 1 is 1.00 bits per heavy atom. The number of aliphatic hydroxyl groups excluding tert-OH is 2. The van der Waals surface area contributed by atoms with Crippen LogP contribution in [-0.2, 0) is 23.9 Å². The van der Waals surface area contributed by atoms with Crippen LogP contribution in [-0.4, -0.2) is 68.9 Å². The van der Waals surface area contributed by atoms with Gasteiger partial charge in [-0.25, -0.2) is 0 Å². The maximum absolute atomic E-state index is 9.23. The van der Waals surface area contributed by atoms with Crippen LogP contribution in [0.4, 0.5) is 0 Å². The molecule has 0 aliphatic heterocycles. The summed E-state index contributed by atoms with van der Waals surface area (Å²) >= 11 is 0. The predicted molar refractivity (Wildman–Crippen MR) is 140 cm³/mol. The van der Waals surface area contributed by atoms with Crippen molar-refractivity contribution < 1.29 is 39.3 Å². The SMILES string of the molecule is C.C.C.C.C.CCC1(C)CC(N)CC(C)(C)C1.CO.COC=O.CONO.O=COCCO. The number of aliphatic hydroxyl groups is 2. The minimum atomic E-state index is -0.0985. The molecule has 10 heteroatoms. The Morgan fingerprint density at radius 2 is 1.39 bits per heavy atom. The summed E-state index contributed by atoms with van der Waals surface area (Å²) in [6.45, 7) is 10.0. The molecule has 1 fully saturated rings. The zero-order valence-corrected chi connectivity index (χ0v) is 18.4. The number of carbonyl (C=O) groups is 2. The third-order valence-electron chi connectivity index (χ3n) is 3.79. The van der Waals surface area contributed by atoms with E-state index >= 15 is 0 Å². The van der Waals surface area contributed by atoms with Gasteiger partial charge in [0.25, 0.3) is 12.9 Å². The first kappa shape index (κ1) is 58.0. The Bertz CT molecular complexity index is 334. The highest BCUT2D eigenvalue weighted by Gasteiger charge is 2.38. The van der Waals surface area contributed by atoms with E-state index in [9.17, 15) is 4.79 Å². The smallest absolute Gasteiger partial charge is 0.293 e. The molecule has 0 spiro atoms. The summed E-state index contributed by atoms with van der Waals surface area (Å²) in [6, 6.07) is 0.429. The molecule has 0 aromatic rings. The van der Waals surface area contributed by atoms with Crippen LogP contribution in [0.25, 0.3) is 0 Å². The van der Waals surface area contributed by atoms with E-state index in [0.717, 1.165) is 7.11 Å². The summed E-state index contributed by atoms with van der Waals surface area (Å²) in [5.74, 6) is 0. The van der Waals surface area contributed by atoms with Crippen LogP contribution < -0.4 is 11.4 Å². The summed E-state index contributed by atoms with van der Waals surface area (Å²) in [5, 5.41) is 22.3. The fourth-order valence-electron chi connectivity index (χ4n) is 3.08. The van der Waals surface area contributed by atoms with Gasteiger partial charge in [-0.15, -0.1) is 0 Å². The summed E-state index contributed by atoms with van der Waals surface area (Å²) in [7, 11) is 3.63. The second kappa shape index (κ2) is 41.0. The van der Waals surface area contributed by atoms with Crippen molar-refractivity contribution in [2.24, 2.45) is 16.6 Å². The molecule has 0 aromatic carbocycles. The summed E-state index contributed by atoms with van der Waals surface area (Å²) in [4.78, 5) is 22.0. The van der Waals surface area contributed by atoms with E-state index in [1.54, 1.807) is 0 Å². The van der Waals surface area contributed by atoms with E-state index < -0.39 is 0 Å². The fraction of sp³-hybridized carbons (Fsp3) is 0.913. The Hall–Kier alpha value is -1.30. The molecule has 2 unspecified atom stereocenters. The number of carbonyl (C=O) groups excluding carboxylic acids is 2. The average molecular weight is 495 g/mol. The fourth-order valence-corrected chi connectivity index (χ4v) is 3.08. The predicted octanol–water partition coefficient (Wildman–Crippen LogP) is 4.20. The molecule has 1 aliphatic rings. The van der Waals surface area contributed by atoms with Crippen molar-refractivity contribution >= 4 is 12.9 Å². The average Bonchev–Trinajstić information content (AvgIpc) is 2.67. The Balaban J connectivity index is -0.0000000341. The van der Waals surface area contributed by atoms with Crippen LogP contribution in [0.2, 0.25) is 0 Å². The zero-order valence-electron chi connectivity index (χ0n) is 18.4.